The van der Waals surface area contributed by atoms with Crippen LogP contribution in [0, 0.1) is 0 Å². The Morgan fingerprint density at radius 1 is 1.26 bits per heavy atom. The fourth-order valence-corrected chi connectivity index (χ4v) is 3.67. The summed E-state index contributed by atoms with van der Waals surface area (Å²) in [7, 11) is 1.47. The Balaban J connectivity index is 1.72. The predicted octanol–water partition coefficient (Wildman–Crippen LogP) is 1.62. The van der Waals surface area contributed by atoms with Gasteiger partial charge in [-0.1, -0.05) is 18.2 Å². The Bertz CT molecular complexity index is 842. The quantitative estimate of drug-likeness (QED) is 0.821. The number of aromatic nitrogens is 1. The Labute approximate surface area is 157 Å². The van der Waals surface area contributed by atoms with Crippen LogP contribution in [0.5, 0.6) is 5.75 Å². The lowest BCUT2D eigenvalue weighted by Gasteiger charge is -2.31. The Kier molecular flexibility index (Phi) is 4.77. The summed E-state index contributed by atoms with van der Waals surface area (Å²) in [6, 6.07) is 12.5. The van der Waals surface area contributed by atoms with E-state index < -0.39 is 6.04 Å². The minimum absolute atomic E-state index is 0.0519. The first-order valence-electron chi connectivity index (χ1n) is 8.92. The first-order chi connectivity index (χ1) is 13.2. The minimum atomic E-state index is -0.560. The molecule has 0 saturated carbocycles. The van der Waals surface area contributed by atoms with E-state index in [0.717, 1.165) is 5.69 Å². The number of hydrogen-bond acceptors (Lipinski definition) is 5. The second-order valence-corrected chi connectivity index (χ2v) is 6.68. The van der Waals surface area contributed by atoms with Gasteiger partial charge in [-0.3, -0.25) is 14.6 Å². The van der Waals surface area contributed by atoms with E-state index in [4.69, 9.17) is 9.47 Å². The normalized spacial score (nSPS) is 21.3. The number of nitrogens with zero attached hydrogens (tertiary/aromatic N) is 3. The lowest BCUT2D eigenvalue weighted by atomic mass is 10.1. The number of ether oxygens (including phenoxy) is 2. The summed E-state index contributed by atoms with van der Waals surface area (Å²) in [5.41, 5.74) is 1.47. The highest BCUT2D eigenvalue weighted by atomic mass is 16.5. The smallest absolute Gasteiger partial charge is 0.250 e. The molecule has 3 heterocycles. The number of para-hydroxylation sites is 2. The number of hydrogen-bond donors (Lipinski definition) is 0. The summed E-state index contributed by atoms with van der Waals surface area (Å²) in [5, 5.41) is 0. The van der Waals surface area contributed by atoms with Crippen molar-refractivity contribution in [3.05, 3.63) is 54.4 Å². The van der Waals surface area contributed by atoms with Gasteiger partial charge in [-0.2, -0.15) is 0 Å². The van der Waals surface area contributed by atoms with E-state index in [2.05, 4.69) is 4.98 Å². The van der Waals surface area contributed by atoms with Crippen LogP contribution in [0.25, 0.3) is 0 Å². The van der Waals surface area contributed by atoms with Gasteiger partial charge in [0.15, 0.2) is 0 Å². The van der Waals surface area contributed by atoms with E-state index in [9.17, 15) is 9.59 Å². The summed E-state index contributed by atoms with van der Waals surface area (Å²) in [5.74, 6) is 0.320. The van der Waals surface area contributed by atoms with Gasteiger partial charge in [0.25, 0.3) is 0 Å². The molecular formula is C20H21N3O4. The fraction of sp³-hybridized carbons (Fsp3) is 0.350. The van der Waals surface area contributed by atoms with Crippen LogP contribution in [0.4, 0.5) is 5.69 Å². The maximum absolute atomic E-state index is 13.5. The Morgan fingerprint density at radius 2 is 2.07 bits per heavy atom. The van der Waals surface area contributed by atoms with Crippen molar-refractivity contribution >= 4 is 17.5 Å². The number of rotatable bonds is 4. The fourth-order valence-electron chi connectivity index (χ4n) is 3.67. The van der Waals surface area contributed by atoms with Gasteiger partial charge >= 0.3 is 0 Å². The molecule has 4 rings (SSSR count). The van der Waals surface area contributed by atoms with Crippen molar-refractivity contribution in [1.82, 2.24) is 9.88 Å². The highest BCUT2D eigenvalue weighted by Crippen LogP contribution is 2.36. The first kappa shape index (κ1) is 17.5. The molecular weight excluding hydrogens is 346 g/mol. The van der Waals surface area contributed by atoms with Crippen LogP contribution < -0.4 is 9.64 Å². The topological polar surface area (TPSA) is 72.0 Å². The molecule has 0 radical (unpaired) electrons. The van der Waals surface area contributed by atoms with E-state index in [-0.39, 0.29) is 24.5 Å². The number of methoxy groups -OCH3 is 1. The molecule has 0 N–H and O–H groups in total. The summed E-state index contributed by atoms with van der Waals surface area (Å²) in [6.07, 6.45) is 1.96. The molecule has 7 heteroatoms. The molecule has 1 fully saturated rings. The van der Waals surface area contributed by atoms with Crippen molar-refractivity contribution < 1.29 is 19.1 Å². The van der Waals surface area contributed by atoms with E-state index >= 15 is 0 Å². The lowest BCUT2D eigenvalue weighted by molar-refractivity contribution is -0.140. The largest absolute Gasteiger partial charge is 0.486 e. The highest BCUT2D eigenvalue weighted by molar-refractivity contribution is 6.01. The number of benzene rings is 1. The van der Waals surface area contributed by atoms with Crippen LogP contribution in [-0.2, 0) is 20.9 Å². The molecule has 2 aliphatic rings. The molecule has 7 nitrogen and oxygen atoms in total. The highest BCUT2D eigenvalue weighted by Gasteiger charge is 2.44. The maximum Gasteiger partial charge on any atom is 0.250 e. The van der Waals surface area contributed by atoms with E-state index in [1.54, 1.807) is 16.0 Å². The summed E-state index contributed by atoms with van der Waals surface area (Å²) < 4.78 is 11.1. The molecule has 2 bridgehead atoms. The Hall–Kier alpha value is -2.93. The number of fused-ring (bicyclic) bond motifs is 3. The second kappa shape index (κ2) is 7.36. The Morgan fingerprint density at radius 3 is 2.85 bits per heavy atom. The number of pyridine rings is 1. The van der Waals surface area contributed by atoms with Crippen molar-refractivity contribution in [3.63, 3.8) is 0 Å². The summed E-state index contributed by atoms with van der Waals surface area (Å²) in [6.45, 7) is 0.640. The van der Waals surface area contributed by atoms with Crippen molar-refractivity contribution in [2.75, 3.05) is 25.2 Å². The molecule has 0 spiro atoms. The number of anilines is 1. The molecule has 1 aromatic heterocycles. The molecule has 27 heavy (non-hydrogen) atoms. The molecule has 2 aliphatic heterocycles. The van der Waals surface area contributed by atoms with Gasteiger partial charge in [-0.05, 0) is 24.3 Å². The molecule has 2 aromatic rings. The molecule has 0 unspecified atom stereocenters. The number of amides is 2. The number of carbonyl (C=O) groups excluding carboxylic acids is 2. The standard InChI is InChI=1S/C20H21N3O4/c1-26-13-19(24)22-12-15-10-17(22)20(25)23(11-14-6-4-5-9-21-14)16-7-2-3-8-18(16)27-15/h2-9,15,17H,10-13H2,1H3/t15-,17-/m0/s1. The van der Waals surface area contributed by atoms with Crippen LogP contribution in [-0.4, -0.2) is 54.1 Å². The third-order valence-electron chi connectivity index (χ3n) is 4.90. The minimum Gasteiger partial charge on any atom is -0.486 e. The zero-order valence-corrected chi connectivity index (χ0v) is 15.1. The maximum atomic E-state index is 13.5. The first-order valence-corrected chi connectivity index (χ1v) is 8.92. The average molecular weight is 367 g/mol. The van der Waals surface area contributed by atoms with E-state index in [0.29, 0.717) is 30.9 Å². The van der Waals surface area contributed by atoms with E-state index in [1.807, 2.05) is 42.5 Å². The molecule has 2 amide bonds. The predicted molar refractivity (Wildman–Crippen MR) is 98.3 cm³/mol. The number of likely N-dealkylation sites (tertiary alicyclic amines) is 1. The van der Waals surface area contributed by atoms with Crippen LogP contribution in [0.3, 0.4) is 0 Å². The lowest BCUT2D eigenvalue weighted by Crippen LogP contribution is -2.48. The molecule has 1 aromatic carbocycles. The SMILES string of the molecule is COCC(=O)N1C[C@@H]2C[C@H]1C(=O)N(Cc1ccccn1)c1ccccc1O2. The van der Waals surface area contributed by atoms with Gasteiger partial charge in [0.05, 0.1) is 24.5 Å². The van der Waals surface area contributed by atoms with Crippen LogP contribution in [0.1, 0.15) is 12.1 Å². The van der Waals surface area contributed by atoms with Crippen molar-refractivity contribution in [3.8, 4) is 5.75 Å². The van der Waals surface area contributed by atoms with Crippen molar-refractivity contribution in [2.24, 2.45) is 0 Å². The average Bonchev–Trinajstić information content (AvgIpc) is 3.12. The molecule has 1 saturated heterocycles. The van der Waals surface area contributed by atoms with Gasteiger partial charge in [0.2, 0.25) is 11.8 Å². The van der Waals surface area contributed by atoms with Gasteiger partial charge < -0.3 is 19.3 Å². The van der Waals surface area contributed by atoms with Crippen LogP contribution in [0.15, 0.2) is 48.7 Å². The monoisotopic (exact) mass is 367 g/mol. The molecule has 2 atom stereocenters. The summed E-state index contributed by atoms with van der Waals surface area (Å²) in [4.78, 5) is 33.5. The zero-order chi connectivity index (χ0) is 18.8. The van der Waals surface area contributed by atoms with E-state index in [1.165, 1.54) is 7.11 Å². The van der Waals surface area contributed by atoms with Crippen LogP contribution >= 0.6 is 0 Å². The summed E-state index contributed by atoms with van der Waals surface area (Å²) >= 11 is 0. The third kappa shape index (κ3) is 3.38. The third-order valence-corrected chi connectivity index (χ3v) is 4.90. The van der Waals surface area contributed by atoms with Crippen molar-refractivity contribution in [2.45, 2.75) is 25.1 Å². The van der Waals surface area contributed by atoms with Crippen molar-refractivity contribution in [1.29, 1.82) is 0 Å². The zero-order valence-electron chi connectivity index (χ0n) is 15.1. The van der Waals surface area contributed by atoms with Gasteiger partial charge in [0.1, 0.15) is 24.5 Å². The second-order valence-electron chi connectivity index (χ2n) is 6.68. The molecule has 140 valence electrons. The molecule has 0 aliphatic carbocycles. The van der Waals surface area contributed by atoms with Crippen LogP contribution in [0.2, 0.25) is 0 Å². The number of carbonyl (C=O) groups is 2. The van der Waals surface area contributed by atoms with Gasteiger partial charge in [-0.15, -0.1) is 0 Å². The van der Waals surface area contributed by atoms with Gasteiger partial charge in [-0.25, -0.2) is 0 Å². The van der Waals surface area contributed by atoms with Gasteiger partial charge in [0, 0.05) is 19.7 Å².